The third-order valence-corrected chi connectivity index (χ3v) is 10.1. The van der Waals surface area contributed by atoms with Crippen LogP contribution in [-0.4, -0.2) is 45.8 Å². The predicted octanol–water partition coefficient (Wildman–Crippen LogP) is 9.96. The summed E-state index contributed by atoms with van der Waals surface area (Å²) in [5, 5.41) is 8.27. The molecule has 8 nitrogen and oxygen atoms in total. The number of hydrogen-bond donors (Lipinski definition) is 3. The quantitative estimate of drug-likeness (QED) is 0.126. The zero-order chi connectivity index (χ0) is 36.9. The van der Waals surface area contributed by atoms with E-state index in [1.54, 1.807) is 6.20 Å². The summed E-state index contributed by atoms with van der Waals surface area (Å²) < 4.78 is 0. The van der Waals surface area contributed by atoms with Crippen molar-refractivity contribution >= 4 is 68.7 Å². The Bertz CT molecular complexity index is 2100. The molecule has 1 unspecified atom stereocenters. The molecule has 3 N–H and O–H groups in total. The maximum Gasteiger partial charge on any atom is 0.272 e. The molecule has 52 heavy (non-hydrogen) atoms. The van der Waals surface area contributed by atoms with Crippen LogP contribution in [0.15, 0.2) is 104 Å². The highest BCUT2D eigenvalue weighted by molar-refractivity contribution is 6.31. The van der Waals surface area contributed by atoms with E-state index < -0.39 is 0 Å². The van der Waals surface area contributed by atoms with E-state index in [1.165, 1.54) is 0 Å². The second-order valence-electron chi connectivity index (χ2n) is 13.5. The Morgan fingerprint density at radius 2 is 1.65 bits per heavy atom. The van der Waals surface area contributed by atoms with Crippen LogP contribution in [0.3, 0.4) is 0 Å². The largest absolute Gasteiger partial charge is 0.355 e. The van der Waals surface area contributed by atoms with E-state index in [-0.39, 0.29) is 29.8 Å². The van der Waals surface area contributed by atoms with Crippen molar-refractivity contribution in [3.8, 4) is 0 Å². The minimum absolute atomic E-state index is 0.0535. The van der Waals surface area contributed by atoms with Gasteiger partial charge in [-0.05, 0) is 99.8 Å². The molecule has 1 atom stereocenters. The van der Waals surface area contributed by atoms with Crippen LogP contribution in [0.2, 0.25) is 10.0 Å². The molecule has 5 aromatic rings. The lowest BCUT2D eigenvalue weighted by atomic mass is 9.95. The van der Waals surface area contributed by atoms with Crippen LogP contribution >= 0.6 is 23.2 Å². The van der Waals surface area contributed by atoms with E-state index in [0.29, 0.717) is 58.7 Å². The first-order valence-electron chi connectivity index (χ1n) is 17.6. The highest BCUT2D eigenvalue weighted by Gasteiger charge is 2.30. The fourth-order valence-corrected chi connectivity index (χ4v) is 7.25. The van der Waals surface area contributed by atoms with Crippen molar-refractivity contribution in [2.75, 3.05) is 23.3 Å². The number of anilines is 2. The number of H-pyrrole nitrogens is 1. The summed E-state index contributed by atoms with van der Waals surface area (Å²) in [6.07, 6.45) is 4.93. The van der Waals surface area contributed by atoms with Gasteiger partial charge < -0.3 is 25.4 Å². The van der Waals surface area contributed by atoms with E-state index in [9.17, 15) is 9.59 Å². The summed E-state index contributed by atoms with van der Waals surface area (Å²) >= 11 is 12.8. The number of benzene rings is 3. The first-order chi connectivity index (χ1) is 25.0. The van der Waals surface area contributed by atoms with Crippen molar-refractivity contribution in [2.45, 2.75) is 52.6 Å². The van der Waals surface area contributed by atoms with Crippen LogP contribution in [0, 0.1) is 5.92 Å². The van der Waals surface area contributed by atoms with Crippen molar-refractivity contribution in [3.05, 3.63) is 136 Å². The molecule has 1 fully saturated rings. The second kappa shape index (κ2) is 16.1. The first kappa shape index (κ1) is 36.7. The summed E-state index contributed by atoms with van der Waals surface area (Å²) in [6.45, 7) is 13.7. The Morgan fingerprint density at radius 3 is 2.33 bits per heavy atom. The number of rotatable bonds is 11. The fourth-order valence-electron chi connectivity index (χ4n) is 6.95. The standard InChI is InChI=1S/C42H44Cl2N6O2/c1-6-50(28(5)30-14-16-32(43)17-15-30)39(27(4)29-11-8-7-9-12-29)37-34-19-18-33(44)25-36(34)47-38(37)42(52)48-35-13-10-22-45-40(35)49-23-20-31(21-24-49)41(51)46-26(2)3/h6-19,22,25-26,28,31,47H,1,20-21,23-24H2,2-5H3,(H,46,51)(H,48,52)/b39-27+. The van der Waals surface area contributed by atoms with Gasteiger partial charge in [-0.1, -0.05) is 78.3 Å². The zero-order valence-electron chi connectivity index (χ0n) is 29.9. The lowest BCUT2D eigenvalue weighted by Crippen LogP contribution is -2.42. The van der Waals surface area contributed by atoms with Crippen molar-refractivity contribution in [2.24, 2.45) is 5.92 Å². The number of aromatic nitrogens is 2. The maximum absolute atomic E-state index is 14.7. The van der Waals surface area contributed by atoms with Gasteiger partial charge in [0.2, 0.25) is 5.91 Å². The normalized spacial score (nSPS) is 14.6. The number of nitrogens with zero attached hydrogens (tertiary/aromatic N) is 3. The monoisotopic (exact) mass is 734 g/mol. The molecule has 1 saturated heterocycles. The summed E-state index contributed by atoms with van der Waals surface area (Å²) in [5.74, 6) is 0.371. The van der Waals surface area contributed by atoms with Gasteiger partial charge in [0.25, 0.3) is 5.91 Å². The first-order valence-corrected chi connectivity index (χ1v) is 18.4. The van der Waals surface area contributed by atoms with Gasteiger partial charge in [0.1, 0.15) is 5.69 Å². The number of aromatic amines is 1. The van der Waals surface area contributed by atoms with Gasteiger partial charge in [0.15, 0.2) is 5.82 Å². The molecule has 0 saturated carbocycles. The third kappa shape index (κ3) is 7.88. The molecule has 2 aromatic heterocycles. The smallest absolute Gasteiger partial charge is 0.272 e. The number of allylic oxidation sites excluding steroid dienone is 1. The van der Waals surface area contributed by atoms with E-state index in [1.807, 2.05) is 92.8 Å². The number of fused-ring (bicyclic) bond motifs is 1. The highest BCUT2D eigenvalue weighted by atomic mass is 35.5. The van der Waals surface area contributed by atoms with Crippen molar-refractivity contribution in [1.82, 2.24) is 20.2 Å². The van der Waals surface area contributed by atoms with Crippen molar-refractivity contribution in [3.63, 3.8) is 0 Å². The molecular weight excluding hydrogens is 691 g/mol. The van der Waals surface area contributed by atoms with Crippen molar-refractivity contribution < 1.29 is 9.59 Å². The van der Waals surface area contributed by atoms with E-state index in [4.69, 9.17) is 28.2 Å². The number of nitrogens with one attached hydrogen (secondary N) is 3. The molecule has 10 heteroatoms. The molecule has 2 amide bonds. The Morgan fingerprint density at radius 1 is 0.962 bits per heavy atom. The molecule has 0 spiro atoms. The van der Waals surface area contributed by atoms with E-state index >= 15 is 0 Å². The highest BCUT2D eigenvalue weighted by Crippen LogP contribution is 2.41. The number of hydrogen-bond acceptors (Lipinski definition) is 5. The minimum Gasteiger partial charge on any atom is -0.355 e. The van der Waals surface area contributed by atoms with Gasteiger partial charge in [-0.15, -0.1) is 0 Å². The SMILES string of the molecule is C=CN(/C(=C(\C)c1ccccc1)c1c(C(=O)Nc2cccnc2N2CCC(C(=O)NC(C)C)CC2)[nH]c2cc(Cl)ccc12)C(C)c1ccc(Cl)cc1. The molecular formula is C42H44Cl2N6O2. The second-order valence-corrected chi connectivity index (χ2v) is 14.3. The topological polar surface area (TPSA) is 93.4 Å². The molecule has 6 rings (SSSR count). The Balaban J connectivity index is 1.43. The van der Waals surface area contributed by atoms with E-state index in [0.717, 1.165) is 33.3 Å². The summed E-state index contributed by atoms with van der Waals surface area (Å²) in [4.78, 5) is 39.7. The Kier molecular flexibility index (Phi) is 11.4. The average molecular weight is 736 g/mol. The van der Waals surface area contributed by atoms with Crippen molar-refractivity contribution in [1.29, 1.82) is 0 Å². The van der Waals surface area contributed by atoms with Crippen LogP contribution in [0.5, 0.6) is 0 Å². The third-order valence-electron chi connectivity index (χ3n) is 9.64. The molecule has 0 aliphatic carbocycles. The number of pyridine rings is 1. The average Bonchev–Trinajstić information content (AvgIpc) is 3.52. The summed E-state index contributed by atoms with van der Waals surface area (Å²) in [7, 11) is 0. The Labute approximate surface area is 315 Å². The Hall–Kier alpha value is -5.05. The predicted molar refractivity (Wildman–Crippen MR) is 215 cm³/mol. The van der Waals surface area contributed by atoms with Gasteiger partial charge in [-0.25, -0.2) is 4.98 Å². The summed E-state index contributed by atoms with van der Waals surface area (Å²) in [6, 6.07) is 27.1. The van der Waals surface area contributed by atoms with E-state index in [2.05, 4.69) is 58.0 Å². The number of piperidine rings is 1. The van der Waals surface area contributed by atoms with Gasteiger partial charge in [0, 0.05) is 57.8 Å². The lowest BCUT2D eigenvalue weighted by Gasteiger charge is -2.33. The fraction of sp³-hybridized carbons (Fsp3) is 0.262. The molecule has 3 heterocycles. The van der Waals surface area contributed by atoms with Gasteiger partial charge in [-0.2, -0.15) is 0 Å². The zero-order valence-corrected chi connectivity index (χ0v) is 31.4. The number of carbonyl (C=O) groups is 2. The number of halogens is 2. The molecule has 268 valence electrons. The number of carbonyl (C=O) groups excluding carboxylic acids is 2. The molecule has 0 radical (unpaired) electrons. The van der Waals surface area contributed by atoms with Crippen LogP contribution in [0.1, 0.15) is 73.8 Å². The molecule has 1 aliphatic heterocycles. The van der Waals surface area contributed by atoms with Crippen LogP contribution < -0.4 is 15.5 Å². The molecule has 0 bridgehead atoms. The van der Waals surface area contributed by atoms with Crippen LogP contribution in [0.25, 0.3) is 22.2 Å². The van der Waals surface area contributed by atoms with Gasteiger partial charge >= 0.3 is 0 Å². The van der Waals surface area contributed by atoms with Crippen LogP contribution in [-0.2, 0) is 4.79 Å². The maximum atomic E-state index is 14.7. The lowest BCUT2D eigenvalue weighted by molar-refractivity contribution is -0.126. The van der Waals surface area contributed by atoms with Crippen LogP contribution in [0.4, 0.5) is 11.5 Å². The minimum atomic E-state index is -0.329. The number of amides is 2. The molecule has 1 aliphatic rings. The van der Waals surface area contributed by atoms with Gasteiger partial charge in [-0.3, -0.25) is 9.59 Å². The van der Waals surface area contributed by atoms with Gasteiger partial charge in [0.05, 0.1) is 17.4 Å². The molecule has 3 aromatic carbocycles. The summed E-state index contributed by atoms with van der Waals surface area (Å²) in [5.41, 5.74) is 6.20.